The lowest BCUT2D eigenvalue weighted by Crippen LogP contribution is -2.39. The van der Waals surface area contributed by atoms with Crippen LogP contribution in [0.5, 0.6) is 0 Å². The summed E-state index contributed by atoms with van der Waals surface area (Å²) in [5.74, 6) is 1.15. The second-order valence-corrected chi connectivity index (χ2v) is 8.11. The molecule has 7 nitrogen and oxygen atoms in total. The lowest BCUT2D eigenvalue weighted by atomic mass is 9.93. The van der Waals surface area contributed by atoms with Crippen molar-refractivity contribution in [2.24, 2.45) is 5.92 Å². The zero-order valence-electron chi connectivity index (χ0n) is 16.9. The summed E-state index contributed by atoms with van der Waals surface area (Å²) in [4.78, 5) is 21.1. The van der Waals surface area contributed by atoms with Crippen molar-refractivity contribution in [3.05, 3.63) is 41.0 Å². The Bertz CT molecular complexity index is 1250. The van der Waals surface area contributed by atoms with Crippen LogP contribution in [0.3, 0.4) is 0 Å². The number of anilines is 1. The van der Waals surface area contributed by atoms with Gasteiger partial charge in [-0.3, -0.25) is 9.20 Å². The van der Waals surface area contributed by atoms with Gasteiger partial charge < -0.3 is 9.80 Å². The summed E-state index contributed by atoms with van der Waals surface area (Å²) in [6, 6.07) is 12.7. The van der Waals surface area contributed by atoms with Gasteiger partial charge in [-0.15, -0.1) is 0 Å². The first-order valence-electron chi connectivity index (χ1n) is 10.4. The minimum Gasteiger partial charge on any atom is -0.357 e. The normalized spacial score (nSPS) is 17.0. The van der Waals surface area contributed by atoms with E-state index in [1.165, 1.54) is 0 Å². The van der Waals surface area contributed by atoms with E-state index in [4.69, 9.17) is 4.98 Å². The van der Waals surface area contributed by atoms with Crippen LogP contribution in [-0.4, -0.2) is 39.8 Å². The first kappa shape index (κ1) is 18.4. The van der Waals surface area contributed by atoms with E-state index in [1.54, 1.807) is 6.92 Å². The molecule has 0 saturated carbocycles. The molecular weight excluding hydrogens is 376 g/mol. The molecule has 2 aliphatic rings. The maximum atomic E-state index is 12.2. The zero-order valence-corrected chi connectivity index (χ0v) is 16.9. The number of pyridine rings is 1. The van der Waals surface area contributed by atoms with Crippen LogP contribution in [0.4, 0.5) is 5.82 Å². The van der Waals surface area contributed by atoms with Gasteiger partial charge in [0.05, 0.1) is 22.7 Å². The van der Waals surface area contributed by atoms with E-state index in [2.05, 4.69) is 21.4 Å². The van der Waals surface area contributed by atoms with Crippen LogP contribution in [0.15, 0.2) is 24.3 Å². The SMILES string of the molecule is CC(=O)N1CCc2c(c(N3CCC(C#N)CC3)n3c(nc4ccccc43)c2C#N)C1. The molecule has 1 aromatic carbocycles. The van der Waals surface area contributed by atoms with Crippen molar-refractivity contribution < 1.29 is 4.79 Å². The number of carbonyl (C=O) groups is 1. The molecule has 2 aliphatic heterocycles. The van der Waals surface area contributed by atoms with Crippen molar-refractivity contribution in [1.82, 2.24) is 14.3 Å². The number of piperidine rings is 1. The van der Waals surface area contributed by atoms with E-state index in [0.29, 0.717) is 30.7 Å². The van der Waals surface area contributed by atoms with E-state index in [0.717, 1.165) is 53.9 Å². The maximum absolute atomic E-state index is 12.2. The number of hydrogen-bond acceptors (Lipinski definition) is 5. The summed E-state index contributed by atoms with van der Waals surface area (Å²) in [5, 5.41) is 19.3. The highest BCUT2D eigenvalue weighted by Gasteiger charge is 2.31. The molecule has 3 aromatic rings. The molecular formula is C23H22N6O. The van der Waals surface area contributed by atoms with Gasteiger partial charge in [0.15, 0.2) is 5.65 Å². The van der Waals surface area contributed by atoms with Crippen molar-refractivity contribution in [3.8, 4) is 12.1 Å². The summed E-state index contributed by atoms with van der Waals surface area (Å²) in [5.41, 5.74) is 5.16. The molecule has 0 spiro atoms. The van der Waals surface area contributed by atoms with Gasteiger partial charge in [0.2, 0.25) is 5.91 Å². The zero-order chi connectivity index (χ0) is 20.8. The number of aromatic nitrogens is 2. The van der Waals surface area contributed by atoms with Crippen molar-refractivity contribution in [1.29, 1.82) is 10.5 Å². The second kappa shape index (κ2) is 7.03. The summed E-state index contributed by atoms with van der Waals surface area (Å²) in [7, 11) is 0. The van der Waals surface area contributed by atoms with Crippen molar-refractivity contribution >= 4 is 28.4 Å². The Morgan fingerprint density at radius 1 is 1.13 bits per heavy atom. The first-order chi connectivity index (χ1) is 14.6. The third-order valence-corrected chi connectivity index (χ3v) is 6.45. The summed E-state index contributed by atoms with van der Waals surface area (Å²) < 4.78 is 2.10. The minimum atomic E-state index is 0.0453. The van der Waals surface area contributed by atoms with Crippen molar-refractivity contribution in [2.45, 2.75) is 32.7 Å². The van der Waals surface area contributed by atoms with Crippen molar-refractivity contribution in [3.63, 3.8) is 0 Å². The van der Waals surface area contributed by atoms with E-state index in [-0.39, 0.29) is 11.8 Å². The van der Waals surface area contributed by atoms with Crippen LogP contribution in [0, 0.1) is 28.6 Å². The Labute approximate surface area is 174 Å². The summed E-state index contributed by atoms with van der Waals surface area (Å²) >= 11 is 0. The largest absolute Gasteiger partial charge is 0.357 e. The van der Waals surface area contributed by atoms with E-state index < -0.39 is 0 Å². The Hall–Kier alpha value is -3.58. The number of imidazole rings is 1. The van der Waals surface area contributed by atoms with Crippen LogP contribution >= 0.6 is 0 Å². The van der Waals surface area contributed by atoms with Crippen LogP contribution in [-0.2, 0) is 17.8 Å². The van der Waals surface area contributed by atoms with Crippen LogP contribution < -0.4 is 4.90 Å². The fourth-order valence-electron chi connectivity index (χ4n) is 4.86. The number of nitriles is 2. The third-order valence-electron chi connectivity index (χ3n) is 6.45. The number of benzene rings is 1. The fourth-order valence-corrected chi connectivity index (χ4v) is 4.86. The van der Waals surface area contributed by atoms with Gasteiger partial charge in [0.1, 0.15) is 11.9 Å². The highest BCUT2D eigenvalue weighted by molar-refractivity contribution is 5.87. The quantitative estimate of drug-likeness (QED) is 0.629. The molecule has 2 aromatic heterocycles. The number of amides is 1. The lowest BCUT2D eigenvalue weighted by molar-refractivity contribution is -0.129. The fraction of sp³-hybridized carbons (Fsp3) is 0.391. The van der Waals surface area contributed by atoms with Crippen molar-refractivity contribution in [2.75, 3.05) is 24.5 Å². The Morgan fingerprint density at radius 2 is 1.90 bits per heavy atom. The number of hydrogen-bond donors (Lipinski definition) is 0. The Kier molecular flexibility index (Phi) is 4.33. The molecule has 0 bridgehead atoms. The standard InChI is InChI=1S/C23H22N6O/c1-15(30)28-11-8-17-18(13-25)22-26-20-4-2-3-5-21(20)29(22)23(19(17)14-28)27-9-6-16(12-24)7-10-27/h2-5,16H,6-11,14H2,1H3. The number of nitrogens with zero attached hydrogens (tertiary/aromatic N) is 6. The molecule has 1 fully saturated rings. The van der Waals surface area contributed by atoms with Gasteiger partial charge in [-0.25, -0.2) is 4.98 Å². The second-order valence-electron chi connectivity index (χ2n) is 8.11. The smallest absolute Gasteiger partial charge is 0.219 e. The molecule has 0 unspecified atom stereocenters. The van der Waals surface area contributed by atoms with Crippen LogP contribution in [0.1, 0.15) is 36.5 Å². The average Bonchev–Trinajstić information content (AvgIpc) is 3.16. The maximum Gasteiger partial charge on any atom is 0.219 e. The number of para-hydroxylation sites is 2. The minimum absolute atomic E-state index is 0.0453. The molecule has 150 valence electrons. The van der Waals surface area contributed by atoms with Crippen LogP contribution in [0.2, 0.25) is 0 Å². The third kappa shape index (κ3) is 2.70. The van der Waals surface area contributed by atoms with E-state index in [9.17, 15) is 15.3 Å². The van der Waals surface area contributed by atoms with Gasteiger partial charge >= 0.3 is 0 Å². The molecule has 4 heterocycles. The van der Waals surface area contributed by atoms with Gasteiger partial charge in [0, 0.05) is 44.6 Å². The monoisotopic (exact) mass is 398 g/mol. The molecule has 30 heavy (non-hydrogen) atoms. The molecule has 5 rings (SSSR count). The Morgan fingerprint density at radius 3 is 2.60 bits per heavy atom. The average molecular weight is 398 g/mol. The van der Waals surface area contributed by atoms with Gasteiger partial charge in [-0.2, -0.15) is 10.5 Å². The molecule has 1 amide bonds. The molecule has 0 atom stereocenters. The van der Waals surface area contributed by atoms with E-state index >= 15 is 0 Å². The van der Waals surface area contributed by atoms with Gasteiger partial charge in [-0.05, 0) is 37.0 Å². The lowest BCUT2D eigenvalue weighted by Gasteiger charge is -2.37. The summed E-state index contributed by atoms with van der Waals surface area (Å²) in [6.07, 6.45) is 2.28. The predicted molar refractivity (Wildman–Crippen MR) is 113 cm³/mol. The number of rotatable bonds is 1. The number of fused-ring (bicyclic) bond motifs is 4. The topological polar surface area (TPSA) is 88.4 Å². The summed E-state index contributed by atoms with van der Waals surface area (Å²) in [6.45, 7) is 4.26. The van der Waals surface area contributed by atoms with E-state index in [1.807, 2.05) is 29.2 Å². The van der Waals surface area contributed by atoms with Gasteiger partial charge in [0.25, 0.3) is 0 Å². The Balaban J connectivity index is 1.81. The molecule has 0 aliphatic carbocycles. The molecule has 0 N–H and O–H groups in total. The van der Waals surface area contributed by atoms with Gasteiger partial charge in [-0.1, -0.05) is 12.1 Å². The van der Waals surface area contributed by atoms with Crippen LogP contribution in [0.25, 0.3) is 16.7 Å². The predicted octanol–water partition coefficient (Wildman–Crippen LogP) is 3.00. The molecule has 1 saturated heterocycles. The highest BCUT2D eigenvalue weighted by atomic mass is 16.2. The first-order valence-corrected chi connectivity index (χ1v) is 10.4. The molecule has 0 radical (unpaired) electrons. The number of carbonyl (C=O) groups excluding carboxylic acids is 1. The molecule has 7 heteroatoms. The highest BCUT2D eigenvalue weighted by Crippen LogP contribution is 2.38.